The van der Waals surface area contributed by atoms with Crippen molar-refractivity contribution in [2.45, 2.75) is 40.3 Å². The van der Waals surface area contributed by atoms with Crippen LogP contribution in [-0.2, 0) is 19.5 Å². The van der Waals surface area contributed by atoms with E-state index in [1.807, 2.05) is 12.1 Å². The Morgan fingerprint density at radius 2 is 1.85 bits per heavy atom. The Bertz CT molecular complexity index is 555. The number of hydrogen-bond acceptors (Lipinski definition) is 1. The van der Waals surface area contributed by atoms with E-state index in [1.165, 1.54) is 29.1 Å². The lowest BCUT2D eigenvalue weighted by Gasteiger charge is -2.07. The molecule has 1 heterocycles. The van der Waals surface area contributed by atoms with Gasteiger partial charge in [-0.2, -0.15) is 0 Å². The van der Waals surface area contributed by atoms with Crippen molar-refractivity contribution in [1.29, 1.82) is 0 Å². The van der Waals surface area contributed by atoms with Gasteiger partial charge in [0, 0.05) is 24.5 Å². The Morgan fingerprint density at radius 1 is 1.15 bits per heavy atom. The molecule has 3 heteroatoms. The van der Waals surface area contributed by atoms with Crippen molar-refractivity contribution >= 4 is 0 Å². The highest BCUT2D eigenvalue weighted by atomic mass is 19.1. The third-order valence-corrected chi connectivity index (χ3v) is 3.81. The lowest BCUT2D eigenvalue weighted by molar-refractivity contribution is 0.625. The largest absolute Gasteiger partial charge is 0.349 e. The molecule has 2 rings (SSSR count). The smallest absolute Gasteiger partial charge is 0.123 e. The average Bonchev–Trinajstić information content (AvgIpc) is 2.71. The molecule has 0 fully saturated rings. The number of nitrogens with zero attached hydrogens (tertiary/aromatic N) is 1. The summed E-state index contributed by atoms with van der Waals surface area (Å²) in [7, 11) is 0. The third-order valence-electron chi connectivity index (χ3n) is 3.81. The first kappa shape index (κ1) is 14.8. The predicted octanol–water partition coefficient (Wildman–Crippen LogP) is 3.60. The fourth-order valence-electron chi connectivity index (χ4n) is 2.64. The number of nitrogens with one attached hydrogen (secondary N) is 1. The molecule has 1 aromatic carbocycles. The first-order valence-corrected chi connectivity index (χ1v) is 7.22. The van der Waals surface area contributed by atoms with Crippen LogP contribution in [0.25, 0.3) is 0 Å². The molecule has 0 spiro atoms. The summed E-state index contributed by atoms with van der Waals surface area (Å²) in [5.74, 6) is -0.172. The summed E-state index contributed by atoms with van der Waals surface area (Å²) in [4.78, 5) is 0. The molecular formula is C17H23FN2. The standard InChI is InChI=1S/C17H23FN2/c1-4-20-13(2)11-16(14(20)3)12-19-10-9-15-5-7-17(18)8-6-15/h5-8,11,19H,4,9-10,12H2,1-3H3. The van der Waals surface area contributed by atoms with Crippen molar-refractivity contribution < 1.29 is 4.39 Å². The number of halogens is 1. The van der Waals surface area contributed by atoms with Crippen LogP contribution in [0.15, 0.2) is 30.3 Å². The van der Waals surface area contributed by atoms with Crippen molar-refractivity contribution in [2.24, 2.45) is 0 Å². The van der Waals surface area contributed by atoms with E-state index in [1.54, 1.807) is 0 Å². The van der Waals surface area contributed by atoms with Crippen LogP contribution >= 0.6 is 0 Å². The monoisotopic (exact) mass is 274 g/mol. The maximum atomic E-state index is 12.8. The Balaban J connectivity index is 1.83. The summed E-state index contributed by atoms with van der Waals surface area (Å²) in [5.41, 5.74) is 5.20. The SMILES string of the molecule is CCn1c(C)cc(CNCCc2ccc(F)cc2)c1C. The molecule has 1 N–H and O–H groups in total. The molecule has 0 bridgehead atoms. The normalized spacial score (nSPS) is 11.0. The molecule has 0 aliphatic rings. The van der Waals surface area contributed by atoms with Gasteiger partial charge in [-0.3, -0.25) is 0 Å². The molecule has 0 atom stereocenters. The van der Waals surface area contributed by atoms with Gasteiger partial charge in [0.05, 0.1) is 0 Å². The van der Waals surface area contributed by atoms with Gasteiger partial charge in [0.15, 0.2) is 0 Å². The fourth-order valence-corrected chi connectivity index (χ4v) is 2.64. The van der Waals surface area contributed by atoms with Gasteiger partial charge in [-0.25, -0.2) is 4.39 Å². The van der Waals surface area contributed by atoms with Crippen molar-refractivity contribution in [1.82, 2.24) is 9.88 Å². The molecule has 2 nitrogen and oxygen atoms in total. The maximum absolute atomic E-state index is 12.8. The number of hydrogen-bond donors (Lipinski definition) is 1. The van der Waals surface area contributed by atoms with Crippen LogP contribution in [0.4, 0.5) is 4.39 Å². The zero-order valence-electron chi connectivity index (χ0n) is 12.5. The fraction of sp³-hybridized carbons (Fsp3) is 0.412. The highest BCUT2D eigenvalue weighted by molar-refractivity contribution is 5.26. The molecule has 0 aliphatic carbocycles. The van der Waals surface area contributed by atoms with Crippen molar-refractivity contribution in [2.75, 3.05) is 6.54 Å². The van der Waals surface area contributed by atoms with E-state index in [4.69, 9.17) is 0 Å². The second kappa shape index (κ2) is 6.71. The van der Waals surface area contributed by atoms with Gasteiger partial charge in [-0.1, -0.05) is 12.1 Å². The van der Waals surface area contributed by atoms with Crippen LogP contribution in [-0.4, -0.2) is 11.1 Å². The number of benzene rings is 1. The summed E-state index contributed by atoms with van der Waals surface area (Å²) in [6, 6.07) is 8.98. The lowest BCUT2D eigenvalue weighted by atomic mass is 10.1. The van der Waals surface area contributed by atoms with E-state index in [0.29, 0.717) is 0 Å². The Kier molecular flexibility index (Phi) is 4.96. The summed E-state index contributed by atoms with van der Waals surface area (Å²) in [5, 5.41) is 3.46. The molecule has 1 aromatic heterocycles. The van der Waals surface area contributed by atoms with Crippen molar-refractivity contribution in [3.63, 3.8) is 0 Å². The predicted molar refractivity (Wildman–Crippen MR) is 81.4 cm³/mol. The summed E-state index contributed by atoms with van der Waals surface area (Å²) < 4.78 is 15.1. The van der Waals surface area contributed by atoms with Gasteiger partial charge in [-0.05, 0) is 63.1 Å². The Labute approximate surface area is 120 Å². The van der Waals surface area contributed by atoms with Gasteiger partial charge < -0.3 is 9.88 Å². The lowest BCUT2D eigenvalue weighted by Crippen LogP contribution is -2.17. The maximum Gasteiger partial charge on any atom is 0.123 e. The second-order valence-electron chi connectivity index (χ2n) is 5.19. The quantitative estimate of drug-likeness (QED) is 0.796. The molecule has 108 valence electrons. The van der Waals surface area contributed by atoms with Crippen LogP contribution in [0, 0.1) is 19.7 Å². The van der Waals surface area contributed by atoms with Crippen LogP contribution < -0.4 is 5.32 Å². The van der Waals surface area contributed by atoms with Crippen LogP contribution in [0.3, 0.4) is 0 Å². The van der Waals surface area contributed by atoms with E-state index in [2.05, 4.69) is 36.7 Å². The molecule has 0 radical (unpaired) electrons. The minimum absolute atomic E-state index is 0.172. The van der Waals surface area contributed by atoms with E-state index >= 15 is 0 Å². The first-order chi connectivity index (χ1) is 9.61. The second-order valence-corrected chi connectivity index (χ2v) is 5.19. The highest BCUT2D eigenvalue weighted by Crippen LogP contribution is 2.14. The van der Waals surface area contributed by atoms with Gasteiger partial charge in [0.1, 0.15) is 5.82 Å². The summed E-state index contributed by atoms with van der Waals surface area (Å²) in [6.45, 7) is 9.31. The topological polar surface area (TPSA) is 17.0 Å². The zero-order valence-corrected chi connectivity index (χ0v) is 12.5. The van der Waals surface area contributed by atoms with Gasteiger partial charge in [-0.15, -0.1) is 0 Å². The van der Waals surface area contributed by atoms with Gasteiger partial charge in [0.2, 0.25) is 0 Å². The first-order valence-electron chi connectivity index (χ1n) is 7.22. The molecule has 0 saturated heterocycles. The van der Waals surface area contributed by atoms with E-state index in [-0.39, 0.29) is 5.82 Å². The number of aryl methyl sites for hydroxylation is 1. The Hall–Kier alpha value is -1.61. The molecule has 0 aliphatic heterocycles. The van der Waals surface area contributed by atoms with Crippen molar-refractivity contribution in [3.05, 3.63) is 58.7 Å². The minimum atomic E-state index is -0.172. The number of aromatic nitrogens is 1. The molecule has 2 aromatic rings. The highest BCUT2D eigenvalue weighted by Gasteiger charge is 2.06. The average molecular weight is 274 g/mol. The summed E-state index contributed by atoms with van der Waals surface area (Å²) >= 11 is 0. The third kappa shape index (κ3) is 3.48. The molecule has 0 saturated carbocycles. The van der Waals surface area contributed by atoms with Gasteiger partial charge >= 0.3 is 0 Å². The van der Waals surface area contributed by atoms with Crippen LogP contribution in [0.1, 0.15) is 29.4 Å². The molecule has 0 amide bonds. The molecular weight excluding hydrogens is 251 g/mol. The van der Waals surface area contributed by atoms with E-state index < -0.39 is 0 Å². The summed E-state index contributed by atoms with van der Waals surface area (Å²) in [6.07, 6.45) is 0.923. The van der Waals surface area contributed by atoms with Gasteiger partial charge in [0.25, 0.3) is 0 Å². The Morgan fingerprint density at radius 3 is 2.45 bits per heavy atom. The minimum Gasteiger partial charge on any atom is -0.349 e. The zero-order chi connectivity index (χ0) is 14.5. The van der Waals surface area contributed by atoms with E-state index in [0.717, 1.165) is 31.6 Å². The van der Waals surface area contributed by atoms with E-state index in [9.17, 15) is 4.39 Å². The molecule has 20 heavy (non-hydrogen) atoms. The number of rotatable bonds is 6. The van der Waals surface area contributed by atoms with Crippen LogP contribution in [0.2, 0.25) is 0 Å². The van der Waals surface area contributed by atoms with Crippen LogP contribution in [0.5, 0.6) is 0 Å². The molecule has 0 unspecified atom stereocenters. The van der Waals surface area contributed by atoms with Crippen molar-refractivity contribution in [3.8, 4) is 0 Å².